The maximum absolute atomic E-state index is 13.2. The number of amides is 2. The van der Waals surface area contributed by atoms with Crippen molar-refractivity contribution in [2.75, 3.05) is 31.0 Å². The molecule has 43 heavy (non-hydrogen) atoms. The third-order valence-electron chi connectivity index (χ3n) is 6.26. The van der Waals surface area contributed by atoms with Gasteiger partial charge in [0.1, 0.15) is 38.3 Å². The Morgan fingerprint density at radius 2 is 1.86 bits per heavy atom. The number of benzene rings is 1. The molecule has 226 valence electrons. The number of hydrogen-bond acceptors (Lipinski definition) is 15. The molecular weight excluding hydrogens is 590 g/mol. The van der Waals surface area contributed by atoms with Gasteiger partial charge >= 0.3 is 12.3 Å². The van der Waals surface area contributed by atoms with Gasteiger partial charge in [0, 0.05) is 17.0 Å². The number of β-lactam (4-membered cyclic amide) rings is 1. The second kappa shape index (κ2) is 12.9. The number of phenolic OH excluding ortho intramolecular Hbond substituents is 1. The van der Waals surface area contributed by atoms with Crippen molar-refractivity contribution >= 4 is 41.6 Å². The summed E-state index contributed by atoms with van der Waals surface area (Å²) in [4.78, 5) is 56.5. The SMILES string of the molecule is C=CCOC(=O)OC1=C(CSc2nnnn2CC(=O)Nc2ccc(O)cc2)C2OCN(OC(=O)OCC=C)[C@@H]3C(=O)N1[C@H]23. The minimum atomic E-state index is -1.07. The molecule has 1 aromatic heterocycles. The second-order valence-corrected chi connectivity index (χ2v) is 9.95. The fraction of sp³-hybridized carbons (Fsp3) is 0.320. The highest BCUT2D eigenvalue weighted by atomic mass is 32.2. The third-order valence-corrected chi connectivity index (χ3v) is 7.27. The molecule has 3 aliphatic rings. The normalized spacial score (nSPS) is 20.5. The average Bonchev–Trinajstić information content (AvgIpc) is 3.54. The zero-order valence-electron chi connectivity index (χ0n) is 22.4. The Morgan fingerprint density at radius 3 is 2.58 bits per heavy atom. The van der Waals surface area contributed by atoms with Gasteiger partial charge in [-0.1, -0.05) is 42.1 Å². The van der Waals surface area contributed by atoms with Crippen molar-refractivity contribution in [1.82, 2.24) is 30.2 Å². The summed E-state index contributed by atoms with van der Waals surface area (Å²) in [6, 6.07) is 4.33. The van der Waals surface area contributed by atoms with Crippen molar-refractivity contribution in [2.24, 2.45) is 0 Å². The molecule has 2 fully saturated rings. The van der Waals surface area contributed by atoms with E-state index in [9.17, 15) is 24.3 Å². The van der Waals surface area contributed by atoms with E-state index in [0.717, 1.165) is 16.8 Å². The number of aromatic nitrogens is 4. The van der Waals surface area contributed by atoms with Gasteiger partial charge in [-0.05, 0) is 34.7 Å². The van der Waals surface area contributed by atoms with Gasteiger partial charge in [0.15, 0.2) is 6.04 Å². The van der Waals surface area contributed by atoms with Crippen LogP contribution in [0.1, 0.15) is 0 Å². The Morgan fingerprint density at radius 1 is 1.14 bits per heavy atom. The van der Waals surface area contributed by atoms with Crippen molar-refractivity contribution in [3.8, 4) is 5.75 Å². The number of nitrogens with one attached hydrogen (secondary N) is 1. The van der Waals surface area contributed by atoms with Crippen LogP contribution in [0.3, 0.4) is 0 Å². The number of hydroxylamine groups is 2. The minimum Gasteiger partial charge on any atom is -0.508 e. The molecule has 17 nitrogen and oxygen atoms in total. The molecule has 2 N–H and O–H groups in total. The summed E-state index contributed by atoms with van der Waals surface area (Å²) in [5.41, 5.74) is 0.884. The first-order valence-corrected chi connectivity index (χ1v) is 13.6. The summed E-state index contributed by atoms with van der Waals surface area (Å²) in [6.07, 6.45) is -0.125. The third kappa shape index (κ3) is 6.30. The highest BCUT2D eigenvalue weighted by Crippen LogP contribution is 2.46. The molecule has 3 atom stereocenters. The lowest BCUT2D eigenvalue weighted by molar-refractivity contribution is -0.272. The molecule has 3 aliphatic heterocycles. The van der Waals surface area contributed by atoms with Crippen LogP contribution in [0, 0.1) is 0 Å². The molecule has 2 aromatic rings. The number of rotatable bonds is 12. The van der Waals surface area contributed by atoms with Crippen molar-refractivity contribution in [3.05, 3.63) is 61.0 Å². The number of carbonyl (C=O) groups excluding carboxylic acids is 4. The Balaban J connectivity index is 1.30. The van der Waals surface area contributed by atoms with Gasteiger partial charge in [0.05, 0.1) is 6.04 Å². The molecule has 4 heterocycles. The number of ether oxygens (including phenoxy) is 4. The second-order valence-electron chi connectivity index (χ2n) is 9.00. The van der Waals surface area contributed by atoms with E-state index in [1.807, 2.05) is 0 Å². The first kappa shape index (κ1) is 29.5. The smallest absolute Gasteiger partial charge is 0.508 e. The Kier molecular flexibility index (Phi) is 8.88. The molecule has 2 saturated heterocycles. The van der Waals surface area contributed by atoms with Crippen LogP contribution < -0.4 is 5.32 Å². The van der Waals surface area contributed by atoms with Crippen LogP contribution in [0.25, 0.3) is 0 Å². The molecule has 0 bridgehead atoms. The topological polar surface area (TPSA) is 197 Å². The fourth-order valence-electron chi connectivity index (χ4n) is 4.49. The summed E-state index contributed by atoms with van der Waals surface area (Å²) >= 11 is 1.11. The lowest BCUT2D eigenvalue weighted by Gasteiger charge is -2.50. The first-order chi connectivity index (χ1) is 20.8. The van der Waals surface area contributed by atoms with Crippen LogP contribution in [0.15, 0.2) is 66.2 Å². The number of nitrogens with zero attached hydrogens (tertiary/aromatic N) is 6. The molecular formula is C25H25N7O10S. The van der Waals surface area contributed by atoms with Crippen molar-refractivity contribution in [1.29, 1.82) is 0 Å². The summed E-state index contributed by atoms with van der Waals surface area (Å²) in [5, 5.41) is 24.9. The van der Waals surface area contributed by atoms with Crippen LogP contribution in [0.2, 0.25) is 0 Å². The number of phenols is 1. The maximum Gasteiger partial charge on any atom is 0.528 e. The number of hydrogen-bond donors (Lipinski definition) is 2. The molecule has 2 amide bonds. The van der Waals surface area contributed by atoms with Gasteiger partial charge < -0.3 is 34.2 Å². The Bertz CT molecular complexity index is 1460. The van der Waals surface area contributed by atoms with E-state index in [1.165, 1.54) is 46.0 Å². The fourth-order valence-corrected chi connectivity index (χ4v) is 5.41. The van der Waals surface area contributed by atoms with Crippen LogP contribution in [-0.4, -0.2) is 103 Å². The highest BCUT2D eigenvalue weighted by molar-refractivity contribution is 7.99. The van der Waals surface area contributed by atoms with Crippen LogP contribution in [0.4, 0.5) is 15.3 Å². The van der Waals surface area contributed by atoms with Gasteiger partial charge in [-0.25, -0.2) is 14.3 Å². The lowest BCUT2D eigenvalue weighted by Crippen LogP contribution is -2.74. The van der Waals surface area contributed by atoms with Crippen molar-refractivity contribution in [2.45, 2.75) is 29.9 Å². The quantitative estimate of drug-likeness (QED) is 0.113. The summed E-state index contributed by atoms with van der Waals surface area (Å²) in [5.74, 6) is -0.866. The van der Waals surface area contributed by atoms with Crippen molar-refractivity contribution < 1.29 is 48.1 Å². The zero-order valence-corrected chi connectivity index (χ0v) is 23.2. The molecule has 1 unspecified atom stereocenters. The van der Waals surface area contributed by atoms with Crippen molar-refractivity contribution in [3.63, 3.8) is 0 Å². The van der Waals surface area contributed by atoms with E-state index in [1.54, 1.807) is 0 Å². The summed E-state index contributed by atoms with van der Waals surface area (Å²) < 4.78 is 22.4. The predicted molar refractivity (Wildman–Crippen MR) is 144 cm³/mol. The average molecular weight is 616 g/mol. The van der Waals surface area contributed by atoms with E-state index >= 15 is 0 Å². The lowest BCUT2D eigenvalue weighted by atomic mass is 9.90. The predicted octanol–water partition coefficient (Wildman–Crippen LogP) is 1.17. The number of thioether (sulfide) groups is 1. The number of carbonyl (C=O) groups is 4. The zero-order chi connectivity index (χ0) is 30.5. The number of anilines is 1. The number of tetrazole rings is 1. The maximum atomic E-state index is 13.2. The Hall–Kier alpha value is -4.94. The van der Waals surface area contributed by atoms with Gasteiger partial charge in [-0.3, -0.25) is 14.5 Å². The van der Waals surface area contributed by atoms with Gasteiger partial charge in [0.2, 0.25) is 16.9 Å². The molecule has 0 saturated carbocycles. The molecule has 0 aliphatic carbocycles. The van der Waals surface area contributed by atoms with Crippen LogP contribution >= 0.6 is 11.8 Å². The van der Waals surface area contributed by atoms with E-state index in [4.69, 9.17) is 23.8 Å². The number of aromatic hydroxyl groups is 1. The molecule has 18 heteroatoms. The standard InChI is InChI=1S/C25H25N7O10S/c1-3-9-38-24(36)41-22-16(20-18-19(21(35)32(18)22)31(13-40-20)42-25(37)39-10-4-2)12-43-23-27-28-29-30(23)11-17(34)26-14-5-7-15(33)8-6-14/h3-8,18-20,33H,1-2,9-13H2,(H,26,34)/t18-,19-,20?/m0/s1. The largest absolute Gasteiger partial charge is 0.528 e. The van der Waals surface area contributed by atoms with Gasteiger partial charge in [0.25, 0.3) is 5.91 Å². The van der Waals surface area contributed by atoms with Crippen LogP contribution in [0.5, 0.6) is 5.75 Å². The van der Waals surface area contributed by atoms with Crippen LogP contribution in [-0.2, 0) is 39.9 Å². The first-order valence-electron chi connectivity index (χ1n) is 12.6. The van der Waals surface area contributed by atoms with Gasteiger partial charge in [-0.2, -0.15) is 0 Å². The molecule has 1 aromatic carbocycles. The van der Waals surface area contributed by atoms with E-state index in [0.29, 0.717) is 11.3 Å². The molecule has 5 rings (SSSR count). The monoisotopic (exact) mass is 615 g/mol. The summed E-state index contributed by atoms with van der Waals surface area (Å²) in [7, 11) is 0. The van der Waals surface area contributed by atoms with E-state index in [-0.39, 0.29) is 49.0 Å². The Labute approximate surface area is 247 Å². The van der Waals surface area contributed by atoms with E-state index in [2.05, 4.69) is 34.0 Å². The molecule has 0 radical (unpaired) electrons. The van der Waals surface area contributed by atoms with Gasteiger partial charge in [-0.15, -0.1) is 5.10 Å². The minimum absolute atomic E-state index is 0.0571. The molecule has 0 spiro atoms. The highest BCUT2D eigenvalue weighted by Gasteiger charge is 2.65. The van der Waals surface area contributed by atoms with E-state index < -0.39 is 42.3 Å². The summed E-state index contributed by atoms with van der Waals surface area (Å²) in [6.45, 7) is 6.23.